The molecule has 12 heteroatoms. The van der Waals surface area contributed by atoms with E-state index < -0.39 is 29.2 Å². The summed E-state index contributed by atoms with van der Waals surface area (Å²) in [5.74, 6) is -1.16. The average Bonchev–Trinajstić information content (AvgIpc) is 3.12. The molecule has 2 aromatic carbocycles. The van der Waals surface area contributed by atoms with Crippen LogP contribution in [0.4, 0.5) is 13.2 Å². The van der Waals surface area contributed by atoms with Crippen molar-refractivity contribution in [1.29, 1.82) is 0 Å². The first-order valence-electron chi connectivity index (χ1n) is 13.2. The number of amides is 2. The summed E-state index contributed by atoms with van der Waals surface area (Å²) in [5, 5.41) is 16.6. The molecule has 0 unspecified atom stereocenters. The molecule has 1 aromatic heterocycles. The molecule has 214 valence electrons. The van der Waals surface area contributed by atoms with E-state index in [9.17, 15) is 32.7 Å². The first-order chi connectivity index (χ1) is 18.9. The number of nitrogens with zero attached hydrogens (tertiary/aromatic N) is 3. The van der Waals surface area contributed by atoms with Crippen LogP contribution in [0.5, 0.6) is 0 Å². The van der Waals surface area contributed by atoms with Crippen molar-refractivity contribution < 1.29 is 27.9 Å². The van der Waals surface area contributed by atoms with E-state index in [1.54, 1.807) is 23.2 Å². The number of benzene rings is 2. The second-order valence-electron chi connectivity index (χ2n) is 10.8. The molecule has 1 saturated carbocycles. The lowest BCUT2D eigenvalue weighted by Crippen LogP contribution is -2.63. The fraction of sp³-hybridized carbons (Fsp3) is 0.464. The van der Waals surface area contributed by atoms with E-state index in [1.165, 1.54) is 6.07 Å². The van der Waals surface area contributed by atoms with Gasteiger partial charge in [-0.2, -0.15) is 13.2 Å². The quantitative estimate of drug-likeness (QED) is 0.430. The number of carbonyl (C=O) groups excluding carboxylic acids is 2. The standard InChI is InChI=1S/C28H32F3N5O4/c1-34-22-7-6-18(13-23(22)35(2)26(34)39)27(40)10-8-21(9-11-27)36-15-20(16-36)33-24(37)14-32-25(38)17-4-3-5-19(12-17)28(29,30)31/h3-7,12-13,20-21,40H,8-11,14-16H2,1-2H3,(H,32,38)(H,33,37). The van der Waals surface area contributed by atoms with Crippen LogP contribution < -0.4 is 16.3 Å². The average molecular weight is 560 g/mol. The van der Waals surface area contributed by atoms with Crippen LogP contribution in [0.25, 0.3) is 11.0 Å². The lowest BCUT2D eigenvalue weighted by Gasteiger charge is -2.48. The summed E-state index contributed by atoms with van der Waals surface area (Å²) < 4.78 is 41.8. The van der Waals surface area contributed by atoms with Crippen LogP contribution in [0.1, 0.15) is 47.2 Å². The fourth-order valence-corrected chi connectivity index (χ4v) is 5.81. The number of fused-ring (bicyclic) bond motifs is 1. The highest BCUT2D eigenvalue weighted by Crippen LogP contribution is 2.40. The lowest BCUT2D eigenvalue weighted by molar-refractivity contribution is -0.137. The van der Waals surface area contributed by atoms with Crippen LogP contribution in [-0.4, -0.2) is 62.7 Å². The Labute approximate surface area is 228 Å². The highest BCUT2D eigenvalue weighted by molar-refractivity contribution is 5.96. The van der Waals surface area contributed by atoms with Gasteiger partial charge in [0.25, 0.3) is 5.91 Å². The molecule has 0 radical (unpaired) electrons. The summed E-state index contributed by atoms with van der Waals surface area (Å²) in [7, 11) is 3.45. The van der Waals surface area contributed by atoms with Gasteiger partial charge in [-0.1, -0.05) is 12.1 Å². The second kappa shape index (κ2) is 10.4. The maximum Gasteiger partial charge on any atom is 0.416 e. The van der Waals surface area contributed by atoms with Gasteiger partial charge in [-0.25, -0.2) is 4.79 Å². The maximum atomic E-state index is 12.9. The number of nitrogens with one attached hydrogen (secondary N) is 2. The summed E-state index contributed by atoms with van der Waals surface area (Å²) in [6, 6.07) is 9.91. The van der Waals surface area contributed by atoms with Crippen LogP contribution >= 0.6 is 0 Å². The molecule has 5 rings (SSSR count). The molecule has 1 aliphatic heterocycles. The Hall–Kier alpha value is -3.64. The number of alkyl halides is 3. The number of hydrogen-bond donors (Lipinski definition) is 3. The molecular weight excluding hydrogens is 527 g/mol. The van der Waals surface area contributed by atoms with E-state index in [-0.39, 0.29) is 29.9 Å². The molecule has 2 heterocycles. The highest BCUT2D eigenvalue weighted by Gasteiger charge is 2.40. The summed E-state index contributed by atoms with van der Waals surface area (Å²) in [6.07, 6.45) is -1.82. The number of aromatic nitrogens is 2. The number of likely N-dealkylation sites (tertiary alicyclic amines) is 1. The highest BCUT2D eigenvalue weighted by atomic mass is 19.4. The SMILES string of the molecule is Cn1c(=O)n(C)c2cc(C3(O)CCC(N4CC(NC(=O)CNC(=O)c5cccc(C(F)(F)F)c5)C4)CC3)ccc21. The minimum absolute atomic E-state index is 0.0828. The molecule has 40 heavy (non-hydrogen) atoms. The number of aryl methyl sites for hydroxylation is 2. The minimum Gasteiger partial charge on any atom is -0.385 e. The van der Waals surface area contributed by atoms with Crippen molar-refractivity contribution in [2.45, 2.75) is 49.5 Å². The number of imidazole rings is 1. The molecule has 1 saturated heterocycles. The van der Waals surface area contributed by atoms with Crippen molar-refractivity contribution in [1.82, 2.24) is 24.7 Å². The summed E-state index contributed by atoms with van der Waals surface area (Å²) in [5.41, 5.74) is 0.241. The molecule has 0 bridgehead atoms. The number of carbonyl (C=O) groups is 2. The van der Waals surface area contributed by atoms with Gasteiger partial charge in [0.15, 0.2) is 0 Å². The van der Waals surface area contributed by atoms with Crippen molar-refractivity contribution in [2.75, 3.05) is 19.6 Å². The van der Waals surface area contributed by atoms with Gasteiger partial charge in [0.2, 0.25) is 5.91 Å². The van der Waals surface area contributed by atoms with Crippen LogP contribution in [0, 0.1) is 0 Å². The molecule has 0 spiro atoms. The zero-order chi connectivity index (χ0) is 28.8. The van der Waals surface area contributed by atoms with Gasteiger partial charge in [0.05, 0.1) is 34.8 Å². The summed E-state index contributed by atoms with van der Waals surface area (Å²) in [6.45, 7) is 0.961. The van der Waals surface area contributed by atoms with Crippen molar-refractivity contribution in [2.24, 2.45) is 14.1 Å². The van der Waals surface area contributed by atoms with Crippen LogP contribution in [0.3, 0.4) is 0 Å². The minimum atomic E-state index is -4.56. The van der Waals surface area contributed by atoms with E-state index in [4.69, 9.17) is 0 Å². The molecule has 1 aliphatic carbocycles. The van der Waals surface area contributed by atoms with Gasteiger partial charge in [-0.05, 0) is 61.6 Å². The Balaban J connectivity index is 1.07. The topological polar surface area (TPSA) is 109 Å². The first-order valence-corrected chi connectivity index (χ1v) is 13.2. The predicted molar refractivity (Wildman–Crippen MR) is 142 cm³/mol. The van der Waals surface area contributed by atoms with Gasteiger partial charge in [0.1, 0.15) is 0 Å². The Morgan fingerprint density at radius 1 is 1.02 bits per heavy atom. The molecule has 3 N–H and O–H groups in total. The number of rotatable bonds is 6. The molecular formula is C28H32F3N5O4. The molecule has 0 atom stereocenters. The maximum absolute atomic E-state index is 12.9. The molecule has 2 aliphatic rings. The third-order valence-electron chi connectivity index (χ3n) is 8.24. The van der Waals surface area contributed by atoms with Gasteiger partial charge in [0, 0.05) is 38.8 Å². The smallest absolute Gasteiger partial charge is 0.385 e. The second-order valence-corrected chi connectivity index (χ2v) is 10.8. The van der Waals surface area contributed by atoms with E-state index >= 15 is 0 Å². The Kier molecular flexibility index (Phi) is 7.26. The third kappa shape index (κ3) is 5.37. The van der Waals surface area contributed by atoms with Gasteiger partial charge >= 0.3 is 11.9 Å². The molecule has 9 nitrogen and oxygen atoms in total. The summed E-state index contributed by atoms with van der Waals surface area (Å²) in [4.78, 5) is 39.0. The molecule has 2 fully saturated rings. The Morgan fingerprint density at radius 3 is 2.38 bits per heavy atom. The summed E-state index contributed by atoms with van der Waals surface area (Å²) >= 11 is 0. The number of aliphatic hydroxyl groups is 1. The zero-order valence-corrected chi connectivity index (χ0v) is 22.3. The Morgan fingerprint density at radius 2 is 1.70 bits per heavy atom. The zero-order valence-electron chi connectivity index (χ0n) is 22.3. The van der Waals surface area contributed by atoms with E-state index in [1.807, 2.05) is 18.2 Å². The normalized spacial score (nSPS) is 22.2. The predicted octanol–water partition coefficient (Wildman–Crippen LogP) is 2.26. The van der Waals surface area contributed by atoms with Crippen LogP contribution in [-0.2, 0) is 30.7 Å². The monoisotopic (exact) mass is 559 g/mol. The van der Waals surface area contributed by atoms with Crippen molar-refractivity contribution in [3.8, 4) is 0 Å². The van der Waals surface area contributed by atoms with Gasteiger partial charge in [-0.15, -0.1) is 0 Å². The third-order valence-corrected chi connectivity index (χ3v) is 8.24. The number of halogens is 3. The van der Waals surface area contributed by atoms with Gasteiger partial charge < -0.3 is 15.7 Å². The van der Waals surface area contributed by atoms with E-state index in [2.05, 4.69) is 15.5 Å². The lowest BCUT2D eigenvalue weighted by atomic mass is 9.76. The van der Waals surface area contributed by atoms with Crippen LogP contribution in [0.15, 0.2) is 47.3 Å². The fourth-order valence-electron chi connectivity index (χ4n) is 5.81. The van der Waals surface area contributed by atoms with Crippen molar-refractivity contribution in [3.05, 3.63) is 69.6 Å². The van der Waals surface area contributed by atoms with Crippen molar-refractivity contribution >= 4 is 22.8 Å². The Bertz CT molecular complexity index is 1500. The molecule has 2 amide bonds. The largest absolute Gasteiger partial charge is 0.416 e. The van der Waals surface area contributed by atoms with Crippen LogP contribution in [0.2, 0.25) is 0 Å². The van der Waals surface area contributed by atoms with Crippen molar-refractivity contribution in [3.63, 3.8) is 0 Å². The molecule has 3 aromatic rings. The number of hydrogen-bond acceptors (Lipinski definition) is 5. The van der Waals surface area contributed by atoms with Gasteiger partial charge in [-0.3, -0.25) is 23.6 Å². The van der Waals surface area contributed by atoms with E-state index in [0.717, 1.165) is 47.6 Å². The first kappa shape index (κ1) is 27.9. The van der Waals surface area contributed by atoms with E-state index in [0.29, 0.717) is 25.9 Å².